The molecule has 1 atom stereocenters. The van der Waals surface area contributed by atoms with Crippen LogP contribution in [0.4, 0.5) is 5.13 Å². The molecule has 3 aromatic rings. The van der Waals surface area contributed by atoms with Gasteiger partial charge in [-0.1, -0.05) is 19.8 Å². The highest BCUT2D eigenvalue weighted by Gasteiger charge is 2.28. The third-order valence-corrected chi connectivity index (χ3v) is 9.04. The summed E-state index contributed by atoms with van der Waals surface area (Å²) in [5.41, 5.74) is 8.92. The molecular formula is C28H38N6OS. The molecule has 0 spiro atoms. The van der Waals surface area contributed by atoms with Gasteiger partial charge in [-0.3, -0.25) is 4.79 Å². The van der Waals surface area contributed by atoms with Gasteiger partial charge in [0.15, 0.2) is 10.9 Å². The van der Waals surface area contributed by atoms with Crippen LogP contribution in [0.2, 0.25) is 0 Å². The van der Waals surface area contributed by atoms with Crippen LogP contribution in [0.3, 0.4) is 0 Å². The number of nitrogens with zero attached hydrogens (tertiary/aromatic N) is 5. The predicted molar refractivity (Wildman–Crippen MR) is 145 cm³/mol. The number of nitrogen functional groups attached to an aromatic ring is 1. The third-order valence-electron chi connectivity index (χ3n) is 8.09. The average Bonchev–Trinajstić information content (AvgIpc) is 3.56. The summed E-state index contributed by atoms with van der Waals surface area (Å²) in [6.07, 6.45) is 14.6. The normalized spacial score (nSPS) is 22.0. The smallest absolute Gasteiger partial charge is 0.180 e. The SMILES string of the molecule is CCCN(CCC1CCC(CC(=O)c2ccc(-n3cncn3)cc2)CC1)[C@H]1CCc2nc(N)sc2C1. The van der Waals surface area contributed by atoms with Crippen LogP contribution in [0.25, 0.3) is 5.69 Å². The molecule has 192 valence electrons. The van der Waals surface area contributed by atoms with E-state index in [0.717, 1.165) is 35.1 Å². The zero-order valence-corrected chi connectivity index (χ0v) is 22.1. The van der Waals surface area contributed by atoms with Crippen molar-refractivity contribution in [2.45, 2.75) is 77.2 Å². The van der Waals surface area contributed by atoms with Crippen molar-refractivity contribution >= 4 is 22.3 Å². The molecule has 0 saturated heterocycles. The topological polar surface area (TPSA) is 89.9 Å². The number of rotatable bonds is 10. The fourth-order valence-electron chi connectivity index (χ4n) is 6.05. The van der Waals surface area contributed by atoms with Gasteiger partial charge in [0.1, 0.15) is 12.7 Å². The Morgan fingerprint density at radius 3 is 2.61 bits per heavy atom. The number of nitrogens with two attached hydrogens (primary N) is 1. The van der Waals surface area contributed by atoms with Crippen molar-refractivity contribution in [3.05, 3.63) is 53.1 Å². The highest BCUT2D eigenvalue weighted by Crippen LogP contribution is 2.35. The molecular weight excluding hydrogens is 468 g/mol. The molecule has 0 aliphatic heterocycles. The fraction of sp³-hybridized carbons (Fsp3) is 0.571. The van der Waals surface area contributed by atoms with Crippen LogP contribution in [0.5, 0.6) is 0 Å². The van der Waals surface area contributed by atoms with E-state index in [1.165, 1.54) is 74.9 Å². The predicted octanol–water partition coefficient (Wildman–Crippen LogP) is 5.34. The van der Waals surface area contributed by atoms with E-state index in [2.05, 4.69) is 26.9 Å². The molecule has 1 fully saturated rings. The Hall–Kier alpha value is -2.58. The van der Waals surface area contributed by atoms with Gasteiger partial charge in [0, 0.05) is 22.9 Å². The summed E-state index contributed by atoms with van der Waals surface area (Å²) in [6.45, 7) is 4.65. The second kappa shape index (κ2) is 11.6. The maximum absolute atomic E-state index is 12.9. The summed E-state index contributed by atoms with van der Waals surface area (Å²) in [4.78, 5) is 25.5. The van der Waals surface area contributed by atoms with Gasteiger partial charge in [-0.05, 0) is 94.1 Å². The van der Waals surface area contributed by atoms with Gasteiger partial charge in [-0.15, -0.1) is 11.3 Å². The van der Waals surface area contributed by atoms with E-state index in [1.54, 1.807) is 22.3 Å². The molecule has 2 heterocycles. The van der Waals surface area contributed by atoms with Crippen molar-refractivity contribution in [2.75, 3.05) is 18.8 Å². The van der Waals surface area contributed by atoms with E-state index in [-0.39, 0.29) is 5.78 Å². The Bertz CT molecular complexity index is 1120. The molecule has 8 heteroatoms. The number of benzene rings is 1. The highest BCUT2D eigenvalue weighted by atomic mass is 32.1. The third kappa shape index (κ3) is 6.03. The first-order valence-corrected chi connectivity index (χ1v) is 14.4. The second-order valence-electron chi connectivity index (χ2n) is 10.5. The van der Waals surface area contributed by atoms with Crippen molar-refractivity contribution in [2.24, 2.45) is 11.8 Å². The van der Waals surface area contributed by atoms with Gasteiger partial charge in [-0.25, -0.2) is 14.6 Å². The Kier molecular flexibility index (Phi) is 8.12. The number of hydrogen-bond donors (Lipinski definition) is 1. The zero-order valence-electron chi connectivity index (χ0n) is 21.3. The lowest BCUT2D eigenvalue weighted by atomic mass is 9.78. The number of aryl methyl sites for hydroxylation is 1. The van der Waals surface area contributed by atoms with Crippen molar-refractivity contribution in [1.82, 2.24) is 24.6 Å². The summed E-state index contributed by atoms with van der Waals surface area (Å²) >= 11 is 1.69. The number of hydrogen-bond acceptors (Lipinski definition) is 7. The molecule has 2 aliphatic carbocycles. The minimum atomic E-state index is 0.262. The molecule has 0 amide bonds. The molecule has 5 rings (SSSR count). The van der Waals surface area contributed by atoms with Crippen LogP contribution in [0.15, 0.2) is 36.9 Å². The van der Waals surface area contributed by atoms with Crippen LogP contribution in [-0.2, 0) is 12.8 Å². The van der Waals surface area contributed by atoms with Gasteiger partial charge in [0.25, 0.3) is 0 Å². The van der Waals surface area contributed by atoms with Crippen LogP contribution in [-0.4, -0.2) is 49.6 Å². The first-order valence-electron chi connectivity index (χ1n) is 13.6. The van der Waals surface area contributed by atoms with E-state index in [4.69, 9.17) is 5.73 Å². The molecule has 2 N–H and O–H groups in total. The molecule has 7 nitrogen and oxygen atoms in total. The minimum Gasteiger partial charge on any atom is -0.375 e. The number of anilines is 1. The Morgan fingerprint density at radius 2 is 1.89 bits per heavy atom. The highest BCUT2D eigenvalue weighted by molar-refractivity contribution is 7.15. The number of thiazole rings is 1. The summed E-state index contributed by atoms with van der Waals surface area (Å²) in [6, 6.07) is 8.35. The number of aromatic nitrogens is 4. The largest absolute Gasteiger partial charge is 0.375 e. The second-order valence-corrected chi connectivity index (χ2v) is 11.7. The van der Waals surface area contributed by atoms with Crippen molar-refractivity contribution in [3.8, 4) is 5.69 Å². The Labute approximate surface area is 218 Å². The first kappa shape index (κ1) is 25.1. The van der Waals surface area contributed by atoms with E-state index in [1.807, 2.05) is 24.3 Å². The van der Waals surface area contributed by atoms with Gasteiger partial charge >= 0.3 is 0 Å². The monoisotopic (exact) mass is 506 g/mol. The summed E-state index contributed by atoms with van der Waals surface area (Å²) in [7, 11) is 0. The number of Topliss-reactive ketones (excluding diaryl/α,β-unsaturated/α-hetero) is 1. The molecule has 1 aromatic carbocycles. The number of carbonyl (C=O) groups excluding carboxylic acids is 1. The minimum absolute atomic E-state index is 0.262. The van der Waals surface area contributed by atoms with E-state index >= 15 is 0 Å². The van der Waals surface area contributed by atoms with Crippen LogP contribution in [0.1, 0.15) is 79.2 Å². The molecule has 0 radical (unpaired) electrons. The lowest BCUT2D eigenvalue weighted by Crippen LogP contribution is -2.41. The average molecular weight is 507 g/mol. The van der Waals surface area contributed by atoms with Crippen LogP contribution >= 0.6 is 11.3 Å². The summed E-state index contributed by atoms with van der Waals surface area (Å²) in [5, 5.41) is 4.87. The van der Waals surface area contributed by atoms with E-state index in [0.29, 0.717) is 18.4 Å². The van der Waals surface area contributed by atoms with Crippen molar-refractivity contribution in [1.29, 1.82) is 0 Å². The quantitative estimate of drug-likeness (QED) is 0.373. The maximum Gasteiger partial charge on any atom is 0.180 e. The fourth-order valence-corrected chi connectivity index (χ4v) is 7.00. The lowest BCUT2D eigenvalue weighted by Gasteiger charge is -2.36. The van der Waals surface area contributed by atoms with E-state index < -0.39 is 0 Å². The van der Waals surface area contributed by atoms with Gasteiger partial charge in [-0.2, -0.15) is 5.10 Å². The lowest BCUT2D eigenvalue weighted by molar-refractivity contribution is 0.0937. The Balaban J connectivity index is 1.07. The summed E-state index contributed by atoms with van der Waals surface area (Å²) in [5.74, 6) is 1.57. The van der Waals surface area contributed by atoms with Crippen molar-refractivity contribution in [3.63, 3.8) is 0 Å². The maximum atomic E-state index is 12.9. The zero-order chi connectivity index (χ0) is 24.9. The first-order chi connectivity index (χ1) is 17.6. The summed E-state index contributed by atoms with van der Waals surface area (Å²) < 4.78 is 1.71. The van der Waals surface area contributed by atoms with Gasteiger partial charge in [0.05, 0.1) is 11.4 Å². The molecule has 1 saturated carbocycles. The van der Waals surface area contributed by atoms with Crippen LogP contribution < -0.4 is 5.73 Å². The molecule has 36 heavy (non-hydrogen) atoms. The molecule has 0 bridgehead atoms. The molecule has 2 aliphatic rings. The Morgan fingerprint density at radius 1 is 1.11 bits per heavy atom. The number of fused-ring (bicyclic) bond motifs is 1. The van der Waals surface area contributed by atoms with Gasteiger partial charge in [0.2, 0.25) is 0 Å². The van der Waals surface area contributed by atoms with E-state index in [9.17, 15) is 4.79 Å². The molecule has 0 unspecified atom stereocenters. The molecule has 2 aromatic heterocycles. The van der Waals surface area contributed by atoms with Gasteiger partial charge < -0.3 is 10.6 Å². The number of ketones is 1. The number of carbonyl (C=O) groups is 1. The van der Waals surface area contributed by atoms with Crippen molar-refractivity contribution < 1.29 is 4.79 Å². The standard InChI is InChI=1S/C28H38N6OS/c1-2-14-33(24-11-12-25-27(17-24)36-28(29)32-25)15-13-20-3-5-21(6-4-20)16-26(35)22-7-9-23(10-8-22)34-19-30-18-31-34/h7-10,18-21,24H,2-6,11-17H2,1H3,(H2,29,32)/t20?,21?,24-/m0/s1. The van der Waals surface area contributed by atoms with Crippen LogP contribution in [0, 0.1) is 11.8 Å².